The van der Waals surface area contributed by atoms with Crippen molar-refractivity contribution in [2.45, 2.75) is 20.3 Å². The Morgan fingerprint density at radius 3 is 2.95 bits per heavy atom. The molecule has 2 rings (SSSR count). The molecule has 104 valence electrons. The number of nitrogens with zero attached hydrogens (tertiary/aromatic N) is 2. The van der Waals surface area contributed by atoms with E-state index in [9.17, 15) is 9.59 Å². The van der Waals surface area contributed by atoms with Crippen LogP contribution in [0.3, 0.4) is 0 Å². The van der Waals surface area contributed by atoms with Crippen LogP contribution < -0.4 is 4.90 Å². The number of thiazole rings is 1. The molecule has 1 aromatic heterocycles. The van der Waals surface area contributed by atoms with Crippen LogP contribution in [0.15, 0.2) is 0 Å². The summed E-state index contributed by atoms with van der Waals surface area (Å²) in [5.74, 6) is 0.604. The fourth-order valence-corrected chi connectivity index (χ4v) is 3.20. The van der Waals surface area contributed by atoms with E-state index in [0.29, 0.717) is 41.0 Å². The summed E-state index contributed by atoms with van der Waals surface area (Å²) in [6.45, 7) is 4.47. The van der Waals surface area contributed by atoms with Gasteiger partial charge in [0.15, 0.2) is 5.13 Å². The first-order valence-corrected chi connectivity index (χ1v) is 7.57. The molecule has 1 saturated heterocycles. The molecule has 2 heterocycles. The van der Waals surface area contributed by atoms with Crippen LogP contribution in [0.1, 0.15) is 28.7 Å². The van der Waals surface area contributed by atoms with E-state index in [4.69, 9.17) is 4.74 Å². The zero-order chi connectivity index (χ0) is 14.0. The van der Waals surface area contributed by atoms with Crippen LogP contribution in [0.4, 0.5) is 5.13 Å². The Labute approximate surface area is 121 Å². The number of hydrogen-bond acceptors (Lipinski definition) is 6. The van der Waals surface area contributed by atoms with Crippen molar-refractivity contribution >= 4 is 41.0 Å². The lowest BCUT2D eigenvalue weighted by atomic mass is 10.1. The van der Waals surface area contributed by atoms with Crippen molar-refractivity contribution in [2.75, 3.05) is 23.8 Å². The number of aryl methyl sites for hydroxylation is 1. The van der Waals surface area contributed by atoms with Crippen molar-refractivity contribution in [1.29, 1.82) is 0 Å². The predicted octanol–water partition coefficient (Wildman–Crippen LogP) is 1.91. The smallest absolute Gasteiger partial charge is 0.350 e. The van der Waals surface area contributed by atoms with Crippen LogP contribution in [0.2, 0.25) is 0 Å². The fourth-order valence-electron chi connectivity index (χ4n) is 1.97. The molecular weight excluding hydrogens is 284 g/mol. The molecule has 0 N–H and O–H groups in total. The second-order valence-electron chi connectivity index (χ2n) is 4.39. The molecule has 0 saturated carbocycles. The molecule has 1 fully saturated rings. The van der Waals surface area contributed by atoms with E-state index in [1.807, 2.05) is 0 Å². The zero-order valence-electron chi connectivity index (χ0n) is 10.9. The molecule has 0 spiro atoms. The predicted molar refractivity (Wildman–Crippen MR) is 77.1 cm³/mol. The lowest BCUT2D eigenvalue weighted by Crippen LogP contribution is -2.24. The third kappa shape index (κ3) is 2.92. The zero-order valence-corrected chi connectivity index (χ0v) is 12.6. The van der Waals surface area contributed by atoms with E-state index in [1.165, 1.54) is 11.3 Å². The Hall–Kier alpha value is -1.08. The Bertz CT molecular complexity index is 501. The van der Waals surface area contributed by atoms with Gasteiger partial charge in [0, 0.05) is 13.0 Å². The summed E-state index contributed by atoms with van der Waals surface area (Å²) in [6, 6.07) is 0. The number of hydrogen-bond donors (Lipinski definition) is 1. The molecule has 1 amide bonds. The summed E-state index contributed by atoms with van der Waals surface area (Å²) in [6.07, 6.45) is 0.497. The number of ether oxygens (including phenoxy) is 1. The summed E-state index contributed by atoms with van der Waals surface area (Å²) in [5, 5.41) is 0.579. The quantitative estimate of drug-likeness (QED) is 0.681. The maximum Gasteiger partial charge on any atom is 0.350 e. The molecule has 0 aliphatic carbocycles. The van der Waals surface area contributed by atoms with Gasteiger partial charge < -0.3 is 4.74 Å². The average molecular weight is 300 g/mol. The van der Waals surface area contributed by atoms with Crippen LogP contribution in [0.25, 0.3) is 0 Å². The van der Waals surface area contributed by atoms with E-state index < -0.39 is 0 Å². The first kappa shape index (κ1) is 14.3. The first-order chi connectivity index (χ1) is 9.06. The van der Waals surface area contributed by atoms with E-state index in [0.717, 1.165) is 0 Å². The number of amides is 1. The number of carbonyl (C=O) groups is 2. The number of anilines is 1. The van der Waals surface area contributed by atoms with Gasteiger partial charge in [-0.05, 0) is 25.5 Å². The summed E-state index contributed by atoms with van der Waals surface area (Å²) >= 11 is 5.44. The van der Waals surface area contributed by atoms with Crippen LogP contribution in [-0.4, -0.2) is 35.8 Å². The van der Waals surface area contributed by atoms with Gasteiger partial charge in [0.25, 0.3) is 0 Å². The molecular formula is C12H16N2O3S2. The molecule has 1 unspecified atom stereocenters. The lowest BCUT2D eigenvalue weighted by Gasteiger charge is -2.11. The summed E-state index contributed by atoms with van der Waals surface area (Å²) < 4.78 is 4.97. The second kappa shape index (κ2) is 5.92. The Morgan fingerprint density at radius 2 is 2.37 bits per heavy atom. The summed E-state index contributed by atoms with van der Waals surface area (Å²) in [4.78, 5) is 30.1. The third-order valence-corrected chi connectivity index (χ3v) is 4.62. The summed E-state index contributed by atoms with van der Waals surface area (Å²) in [5.41, 5.74) is 0.612. The average Bonchev–Trinajstić information content (AvgIpc) is 2.92. The van der Waals surface area contributed by atoms with Gasteiger partial charge in [0.2, 0.25) is 5.91 Å². The Morgan fingerprint density at radius 1 is 1.63 bits per heavy atom. The van der Waals surface area contributed by atoms with E-state index in [1.54, 1.807) is 18.7 Å². The minimum absolute atomic E-state index is 0.0446. The highest BCUT2D eigenvalue weighted by Crippen LogP contribution is 2.31. The highest BCUT2D eigenvalue weighted by Gasteiger charge is 2.32. The second-order valence-corrected chi connectivity index (χ2v) is 5.73. The van der Waals surface area contributed by atoms with Gasteiger partial charge in [0.1, 0.15) is 4.88 Å². The van der Waals surface area contributed by atoms with Gasteiger partial charge >= 0.3 is 5.97 Å². The van der Waals surface area contributed by atoms with Gasteiger partial charge in [0.05, 0.1) is 12.3 Å². The van der Waals surface area contributed by atoms with Crippen LogP contribution in [0, 0.1) is 12.8 Å². The number of aromatic nitrogens is 1. The molecule has 0 bridgehead atoms. The lowest BCUT2D eigenvalue weighted by molar-refractivity contribution is -0.117. The van der Waals surface area contributed by atoms with E-state index in [-0.39, 0.29) is 17.8 Å². The third-order valence-electron chi connectivity index (χ3n) is 2.94. The van der Waals surface area contributed by atoms with Crippen molar-refractivity contribution in [3.8, 4) is 0 Å². The van der Waals surface area contributed by atoms with E-state index in [2.05, 4.69) is 17.6 Å². The minimum Gasteiger partial charge on any atom is -0.462 e. The van der Waals surface area contributed by atoms with Crippen molar-refractivity contribution in [3.05, 3.63) is 10.6 Å². The number of rotatable bonds is 4. The Balaban J connectivity index is 2.20. The topological polar surface area (TPSA) is 59.5 Å². The van der Waals surface area contributed by atoms with Crippen LogP contribution >= 0.6 is 24.0 Å². The largest absolute Gasteiger partial charge is 0.462 e. The van der Waals surface area contributed by atoms with Crippen LogP contribution in [-0.2, 0) is 9.53 Å². The van der Waals surface area contributed by atoms with Gasteiger partial charge in [-0.15, -0.1) is 0 Å². The molecule has 1 atom stereocenters. The van der Waals surface area contributed by atoms with Gasteiger partial charge in [-0.3, -0.25) is 9.69 Å². The fraction of sp³-hybridized carbons (Fsp3) is 0.583. The molecule has 0 radical (unpaired) electrons. The maximum atomic E-state index is 11.9. The van der Waals surface area contributed by atoms with Crippen molar-refractivity contribution in [1.82, 2.24) is 4.98 Å². The first-order valence-electron chi connectivity index (χ1n) is 6.12. The molecule has 7 heteroatoms. The van der Waals surface area contributed by atoms with Gasteiger partial charge in [-0.2, -0.15) is 12.6 Å². The minimum atomic E-state index is -0.374. The molecule has 0 aromatic carbocycles. The molecule has 1 aliphatic rings. The number of carbonyl (C=O) groups excluding carboxylic acids is 2. The van der Waals surface area contributed by atoms with Gasteiger partial charge in [-0.1, -0.05) is 11.3 Å². The molecule has 19 heavy (non-hydrogen) atoms. The standard InChI is InChI=1S/C12H16N2O3S2/c1-3-17-11(16)10-7(2)13-12(19-10)14-5-8(6-18)4-9(14)15/h8,18H,3-6H2,1-2H3. The highest BCUT2D eigenvalue weighted by molar-refractivity contribution is 7.80. The van der Waals surface area contributed by atoms with Crippen molar-refractivity contribution < 1.29 is 14.3 Å². The normalized spacial score (nSPS) is 19.0. The number of esters is 1. The molecule has 1 aromatic rings. The molecule has 1 aliphatic heterocycles. The Kier molecular flexibility index (Phi) is 4.46. The van der Waals surface area contributed by atoms with E-state index >= 15 is 0 Å². The SMILES string of the molecule is CCOC(=O)c1sc(N2CC(CS)CC2=O)nc1C. The van der Waals surface area contributed by atoms with Gasteiger partial charge in [-0.25, -0.2) is 9.78 Å². The van der Waals surface area contributed by atoms with Crippen LogP contribution in [0.5, 0.6) is 0 Å². The van der Waals surface area contributed by atoms with Crippen molar-refractivity contribution in [2.24, 2.45) is 5.92 Å². The monoisotopic (exact) mass is 300 g/mol. The number of thiol groups is 1. The maximum absolute atomic E-state index is 11.9. The molecule has 5 nitrogen and oxygen atoms in total. The summed E-state index contributed by atoms with van der Waals surface area (Å²) in [7, 11) is 0. The van der Waals surface area contributed by atoms with Crippen molar-refractivity contribution in [3.63, 3.8) is 0 Å². The highest BCUT2D eigenvalue weighted by atomic mass is 32.1.